The quantitative estimate of drug-likeness (QED) is 0.695. The zero-order chi connectivity index (χ0) is 11.3. The molecule has 15 heavy (non-hydrogen) atoms. The highest BCUT2D eigenvalue weighted by Crippen LogP contribution is 2.15. The maximum Gasteiger partial charge on any atom is 0.223 e. The van der Waals surface area contributed by atoms with Gasteiger partial charge in [0.05, 0.1) is 36.2 Å². The fraction of sp³-hybridized carbons (Fsp3) is 0.556. The lowest BCUT2D eigenvalue weighted by Gasteiger charge is -2.29. The number of anilines is 1. The molecule has 0 aliphatic carbocycles. The van der Waals surface area contributed by atoms with Gasteiger partial charge in [0.25, 0.3) is 0 Å². The van der Waals surface area contributed by atoms with Crippen molar-refractivity contribution in [1.82, 2.24) is 9.97 Å². The molecule has 84 valence electrons. The van der Waals surface area contributed by atoms with Crippen LogP contribution in [0, 0.1) is 0 Å². The topological polar surface area (TPSA) is 78.3 Å². The third-order valence-electron chi connectivity index (χ3n) is 2.28. The van der Waals surface area contributed by atoms with Gasteiger partial charge in [-0.05, 0) is 6.42 Å². The van der Waals surface area contributed by atoms with E-state index in [-0.39, 0.29) is 13.2 Å². The van der Waals surface area contributed by atoms with E-state index >= 15 is 0 Å². The van der Waals surface area contributed by atoms with E-state index in [2.05, 4.69) is 15.3 Å². The summed E-state index contributed by atoms with van der Waals surface area (Å²) in [5.74, 6) is 0.337. The molecule has 6 heteroatoms. The Balaban J connectivity index is 2.78. The molecule has 1 aromatic rings. The summed E-state index contributed by atoms with van der Waals surface area (Å²) in [6, 6.07) is 0. The Kier molecular flexibility index (Phi) is 4.26. The van der Waals surface area contributed by atoms with Crippen LogP contribution in [0.25, 0.3) is 0 Å². The van der Waals surface area contributed by atoms with Crippen LogP contribution in [0.3, 0.4) is 0 Å². The molecule has 0 fully saturated rings. The molecule has 5 nitrogen and oxygen atoms in total. The number of aliphatic hydroxyl groups is 2. The zero-order valence-electron chi connectivity index (χ0n) is 8.44. The predicted molar refractivity (Wildman–Crippen MR) is 57.9 cm³/mol. The maximum atomic E-state index is 9.19. The molecule has 0 unspecified atom stereocenters. The molecule has 0 aliphatic rings. The summed E-state index contributed by atoms with van der Waals surface area (Å²) < 4.78 is 0. The van der Waals surface area contributed by atoms with E-state index in [0.717, 1.165) is 0 Å². The first-order valence-corrected chi connectivity index (χ1v) is 5.01. The van der Waals surface area contributed by atoms with Crippen molar-refractivity contribution in [2.24, 2.45) is 0 Å². The lowest BCUT2D eigenvalue weighted by Crippen LogP contribution is -2.45. The van der Waals surface area contributed by atoms with Crippen LogP contribution in [0.1, 0.15) is 13.3 Å². The first-order chi connectivity index (χ1) is 7.15. The van der Waals surface area contributed by atoms with Crippen molar-refractivity contribution in [1.29, 1.82) is 0 Å². The minimum Gasteiger partial charge on any atom is -0.394 e. The summed E-state index contributed by atoms with van der Waals surface area (Å²) in [4.78, 5) is 7.86. The molecule has 0 aliphatic heterocycles. The standard InChI is InChI=1S/C9H14ClN3O2/c1-2-9(5-14,6-15)13-8-11-3-7(10)4-12-8/h3-4,14-15H,2,5-6H2,1H3,(H,11,12,13). The maximum absolute atomic E-state index is 9.19. The Bertz CT molecular complexity index is 292. The molecule has 1 rings (SSSR count). The molecule has 3 N–H and O–H groups in total. The second-order valence-corrected chi connectivity index (χ2v) is 3.74. The number of hydrogen-bond acceptors (Lipinski definition) is 5. The molecule has 0 atom stereocenters. The van der Waals surface area contributed by atoms with E-state index in [1.165, 1.54) is 12.4 Å². The summed E-state index contributed by atoms with van der Waals surface area (Å²) in [7, 11) is 0. The van der Waals surface area contributed by atoms with Crippen LogP contribution < -0.4 is 5.32 Å². The van der Waals surface area contributed by atoms with E-state index in [1.54, 1.807) is 0 Å². The van der Waals surface area contributed by atoms with Crippen LogP contribution in [0.15, 0.2) is 12.4 Å². The summed E-state index contributed by atoms with van der Waals surface area (Å²) in [5, 5.41) is 21.7. The molecular weight excluding hydrogens is 218 g/mol. The minimum atomic E-state index is -0.784. The molecule has 1 heterocycles. The van der Waals surface area contributed by atoms with Crippen LogP contribution in [-0.2, 0) is 0 Å². The SMILES string of the molecule is CCC(CO)(CO)Nc1ncc(Cl)cn1. The van der Waals surface area contributed by atoms with E-state index in [0.29, 0.717) is 17.4 Å². The Labute approximate surface area is 93.1 Å². The second-order valence-electron chi connectivity index (χ2n) is 3.30. The van der Waals surface area contributed by atoms with Crippen LogP contribution >= 0.6 is 11.6 Å². The third-order valence-corrected chi connectivity index (χ3v) is 2.47. The monoisotopic (exact) mass is 231 g/mol. The zero-order valence-corrected chi connectivity index (χ0v) is 9.20. The van der Waals surface area contributed by atoms with Crippen molar-refractivity contribution in [3.8, 4) is 0 Å². The molecule has 0 saturated carbocycles. The van der Waals surface area contributed by atoms with Gasteiger partial charge in [0.15, 0.2) is 0 Å². The van der Waals surface area contributed by atoms with Gasteiger partial charge in [-0.15, -0.1) is 0 Å². The number of rotatable bonds is 5. The van der Waals surface area contributed by atoms with Gasteiger partial charge in [-0.1, -0.05) is 18.5 Å². The van der Waals surface area contributed by atoms with Crippen LogP contribution in [0.2, 0.25) is 5.02 Å². The fourth-order valence-electron chi connectivity index (χ4n) is 1.06. The average Bonchev–Trinajstić information content (AvgIpc) is 2.29. The number of nitrogens with one attached hydrogen (secondary N) is 1. The lowest BCUT2D eigenvalue weighted by atomic mass is 9.99. The van der Waals surface area contributed by atoms with Crippen LogP contribution in [-0.4, -0.2) is 38.9 Å². The molecule has 0 bridgehead atoms. The number of nitrogens with zero attached hydrogens (tertiary/aromatic N) is 2. The minimum absolute atomic E-state index is 0.189. The van der Waals surface area contributed by atoms with E-state index < -0.39 is 5.54 Å². The number of aliphatic hydroxyl groups excluding tert-OH is 2. The summed E-state index contributed by atoms with van der Waals surface area (Å²) >= 11 is 5.63. The molecule has 0 spiro atoms. The van der Waals surface area contributed by atoms with Gasteiger partial charge in [0, 0.05) is 0 Å². The number of halogens is 1. The largest absolute Gasteiger partial charge is 0.394 e. The molecule has 0 saturated heterocycles. The van der Waals surface area contributed by atoms with Gasteiger partial charge < -0.3 is 15.5 Å². The van der Waals surface area contributed by atoms with E-state index in [4.69, 9.17) is 11.6 Å². The number of hydrogen-bond donors (Lipinski definition) is 3. The van der Waals surface area contributed by atoms with Crippen molar-refractivity contribution < 1.29 is 10.2 Å². The molecule has 0 radical (unpaired) electrons. The van der Waals surface area contributed by atoms with Gasteiger partial charge >= 0.3 is 0 Å². The number of aromatic nitrogens is 2. The molecule has 0 aromatic carbocycles. The Hall–Kier alpha value is -0.910. The van der Waals surface area contributed by atoms with Crippen molar-refractivity contribution in [2.45, 2.75) is 18.9 Å². The van der Waals surface area contributed by atoms with E-state index in [9.17, 15) is 10.2 Å². The summed E-state index contributed by atoms with van der Waals surface area (Å²) in [5.41, 5.74) is -0.784. The van der Waals surface area contributed by atoms with Crippen molar-refractivity contribution >= 4 is 17.5 Å². The Morgan fingerprint density at radius 2 is 1.87 bits per heavy atom. The highest BCUT2D eigenvalue weighted by Gasteiger charge is 2.27. The predicted octanol–water partition coefficient (Wildman–Crippen LogP) is 0.675. The smallest absolute Gasteiger partial charge is 0.223 e. The van der Waals surface area contributed by atoms with Crippen molar-refractivity contribution in [2.75, 3.05) is 18.5 Å². The van der Waals surface area contributed by atoms with Gasteiger partial charge in [-0.25, -0.2) is 9.97 Å². The molecule has 1 aromatic heterocycles. The fourth-order valence-corrected chi connectivity index (χ4v) is 1.15. The first kappa shape index (κ1) is 12.2. The summed E-state index contributed by atoms with van der Waals surface area (Å²) in [6.45, 7) is 1.48. The van der Waals surface area contributed by atoms with Crippen molar-refractivity contribution in [3.63, 3.8) is 0 Å². The van der Waals surface area contributed by atoms with Gasteiger partial charge in [-0.2, -0.15) is 0 Å². The Morgan fingerprint density at radius 1 is 1.33 bits per heavy atom. The van der Waals surface area contributed by atoms with Gasteiger partial charge in [0.1, 0.15) is 0 Å². The average molecular weight is 232 g/mol. The lowest BCUT2D eigenvalue weighted by molar-refractivity contribution is 0.132. The highest BCUT2D eigenvalue weighted by atomic mass is 35.5. The van der Waals surface area contributed by atoms with Crippen LogP contribution in [0.5, 0.6) is 0 Å². The Morgan fingerprint density at radius 3 is 2.27 bits per heavy atom. The van der Waals surface area contributed by atoms with Gasteiger partial charge in [-0.3, -0.25) is 0 Å². The molecular formula is C9H14ClN3O2. The van der Waals surface area contributed by atoms with Crippen molar-refractivity contribution in [3.05, 3.63) is 17.4 Å². The molecule has 0 amide bonds. The summed E-state index contributed by atoms with van der Waals surface area (Å²) in [6.07, 6.45) is 3.46. The van der Waals surface area contributed by atoms with E-state index in [1.807, 2.05) is 6.92 Å². The van der Waals surface area contributed by atoms with Gasteiger partial charge in [0.2, 0.25) is 5.95 Å². The first-order valence-electron chi connectivity index (χ1n) is 4.63. The highest BCUT2D eigenvalue weighted by molar-refractivity contribution is 6.30. The third kappa shape index (κ3) is 3.02. The van der Waals surface area contributed by atoms with Crippen LogP contribution in [0.4, 0.5) is 5.95 Å². The normalized spacial score (nSPS) is 11.5. The second kappa shape index (κ2) is 5.25.